The molecule has 1 aromatic rings. The lowest BCUT2D eigenvalue weighted by molar-refractivity contribution is 0.304. The number of halogens is 1. The third-order valence-electron chi connectivity index (χ3n) is 1.79. The number of aryl methyl sites for hydroxylation is 2. The molecule has 0 fully saturated rings. The van der Waals surface area contributed by atoms with Crippen LogP contribution in [0.3, 0.4) is 0 Å². The molecule has 0 radical (unpaired) electrons. The van der Waals surface area contributed by atoms with Gasteiger partial charge in [-0.1, -0.05) is 28.9 Å². The van der Waals surface area contributed by atoms with Crippen LogP contribution in [0.25, 0.3) is 0 Å². The van der Waals surface area contributed by atoms with Gasteiger partial charge in [0.25, 0.3) is 0 Å². The molecule has 0 aliphatic heterocycles. The van der Waals surface area contributed by atoms with Gasteiger partial charge in [-0.15, -0.1) is 0 Å². The topological polar surface area (TPSA) is 9.23 Å². The van der Waals surface area contributed by atoms with Crippen molar-refractivity contribution < 1.29 is 4.74 Å². The summed E-state index contributed by atoms with van der Waals surface area (Å²) in [6, 6.07) is 6.16. The highest BCUT2D eigenvalue weighted by molar-refractivity contribution is 7.68. The number of rotatable bonds is 3. The maximum atomic E-state index is 5.69. The van der Waals surface area contributed by atoms with Crippen LogP contribution in [-0.4, -0.2) is 5.85 Å². The second-order valence-electron chi connectivity index (χ2n) is 3.14. The summed E-state index contributed by atoms with van der Waals surface area (Å²) in [4.78, 5) is 0. The van der Waals surface area contributed by atoms with Crippen molar-refractivity contribution in [2.24, 2.45) is 0 Å². The molecule has 0 saturated heterocycles. The second kappa shape index (κ2) is 4.83. The van der Waals surface area contributed by atoms with Crippen LogP contribution in [-0.2, 0) is 0 Å². The normalized spacial score (nSPS) is 13.5. The summed E-state index contributed by atoms with van der Waals surface area (Å²) in [7, 11) is 0.301. The monoisotopic (exact) mass is 216 g/mol. The molecule has 1 aromatic carbocycles. The zero-order valence-electron chi connectivity index (χ0n) is 8.10. The van der Waals surface area contributed by atoms with E-state index < -0.39 is 0 Å². The Hall–Kier alpha value is -0.260. The Bertz CT molecular complexity index is 288. The first-order valence-corrected chi connectivity index (χ1v) is 6.32. The fourth-order valence-electron chi connectivity index (χ4n) is 1.14. The molecule has 0 amide bonds. The number of hydrogen-bond donors (Lipinski definition) is 0. The molecule has 3 heteroatoms. The molecule has 13 heavy (non-hydrogen) atoms. The van der Waals surface area contributed by atoms with Crippen molar-refractivity contribution in [3.63, 3.8) is 0 Å². The quantitative estimate of drug-likeness (QED) is 0.698. The van der Waals surface area contributed by atoms with Gasteiger partial charge in [0.05, 0.1) is 0 Å². The van der Waals surface area contributed by atoms with Crippen molar-refractivity contribution in [2.75, 3.05) is 0 Å². The third-order valence-corrected chi connectivity index (χ3v) is 3.13. The zero-order chi connectivity index (χ0) is 9.84. The van der Waals surface area contributed by atoms with Crippen molar-refractivity contribution in [1.82, 2.24) is 0 Å². The minimum atomic E-state index is 0.100. The Morgan fingerprint density at radius 1 is 1.38 bits per heavy atom. The minimum absolute atomic E-state index is 0.100. The maximum Gasteiger partial charge on any atom is 0.126 e. The summed E-state index contributed by atoms with van der Waals surface area (Å²) in [6.07, 6.45) is 0. The first-order chi connectivity index (χ1) is 6.13. The highest BCUT2D eigenvalue weighted by Gasteiger charge is 2.04. The zero-order valence-corrected chi connectivity index (χ0v) is 9.85. The molecule has 0 aromatic heterocycles. The van der Waals surface area contributed by atoms with Crippen LogP contribution in [0, 0.1) is 13.8 Å². The molecule has 1 nitrogen and oxygen atoms in total. The van der Waals surface area contributed by atoms with Gasteiger partial charge in [-0.3, -0.25) is 0 Å². The van der Waals surface area contributed by atoms with E-state index >= 15 is 0 Å². The van der Waals surface area contributed by atoms with Crippen LogP contribution in [0.5, 0.6) is 5.75 Å². The van der Waals surface area contributed by atoms with Crippen LogP contribution in [0.2, 0.25) is 0 Å². The molecule has 2 atom stereocenters. The first-order valence-electron chi connectivity index (χ1n) is 4.23. The van der Waals surface area contributed by atoms with E-state index in [2.05, 4.69) is 13.0 Å². The summed E-state index contributed by atoms with van der Waals surface area (Å²) in [5.41, 5.74) is 2.42. The lowest BCUT2D eigenvalue weighted by Gasteiger charge is -2.13. The van der Waals surface area contributed by atoms with E-state index in [9.17, 15) is 0 Å². The Balaban J connectivity index is 2.77. The predicted molar refractivity (Wildman–Crippen MR) is 60.2 cm³/mol. The van der Waals surface area contributed by atoms with Gasteiger partial charge in [-0.25, -0.2) is 0 Å². The van der Waals surface area contributed by atoms with Gasteiger partial charge in [-0.2, -0.15) is 0 Å². The highest BCUT2D eigenvalue weighted by atomic mass is 35.7. The molecule has 0 heterocycles. The molecule has 0 saturated carbocycles. The van der Waals surface area contributed by atoms with Crippen LogP contribution in [0.1, 0.15) is 18.1 Å². The molecule has 72 valence electrons. The van der Waals surface area contributed by atoms with E-state index in [0.717, 1.165) is 5.75 Å². The number of ether oxygens (including phenoxy) is 1. The van der Waals surface area contributed by atoms with Gasteiger partial charge in [0.2, 0.25) is 0 Å². The summed E-state index contributed by atoms with van der Waals surface area (Å²) in [6.45, 7) is 6.10. The van der Waals surface area contributed by atoms with Crippen molar-refractivity contribution in [3.05, 3.63) is 29.3 Å². The van der Waals surface area contributed by atoms with Crippen LogP contribution < -0.4 is 4.74 Å². The largest absolute Gasteiger partial charge is 0.485 e. The van der Waals surface area contributed by atoms with Crippen LogP contribution >= 0.6 is 19.2 Å². The van der Waals surface area contributed by atoms with Gasteiger partial charge in [-0.05, 0) is 32.4 Å². The first kappa shape index (κ1) is 10.8. The van der Waals surface area contributed by atoms with Gasteiger partial charge < -0.3 is 4.74 Å². The summed E-state index contributed by atoms with van der Waals surface area (Å²) < 4.78 is 5.63. The third kappa shape index (κ3) is 3.17. The van der Waals surface area contributed by atoms with E-state index in [1.165, 1.54) is 11.1 Å². The minimum Gasteiger partial charge on any atom is -0.485 e. The fourth-order valence-corrected chi connectivity index (χ4v) is 1.45. The van der Waals surface area contributed by atoms with E-state index in [0.29, 0.717) is 7.93 Å². The molecule has 0 spiro atoms. The molecular weight excluding hydrogens is 203 g/mol. The summed E-state index contributed by atoms with van der Waals surface area (Å²) in [5, 5.41) is 0. The molecule has 0 aliphatic carbocycles. The second-order valence-corrected chi connectivity index (χ2v) is 4.82. The summed E-state index contributed by atoms with van der Waals surface area (Å²) in [5.74, 6) is 1.04. The van der Waals surface area contributed by atoms with Gasteiger partial charge in [0, 0.05) is 7.93 Å². The van der Waals surface area contributed by atoms with Crippen molar-refractivity contribution in [1.29, 1.82) is 0 Å². The van der Waals surface area contributed by atoms with E-state index in [1.807, 2.05) is 26.0 Å². The van der Waals surface area contributed by atoms with Gasteiger partial charge in [0.1, 0.15) is 11.6 Å². The average Bonchev–Trinajstić information content (AvgIpc) is 2.09. The highest BCUT2D eigenvalue weighted by Crippen LogP contribution is 2.28. The fraction of sp³-hybridized carbons (Fsp3) is 0.400. The van der Waals surface area contributed by atoms with E-state index in [-0.39, 0.29) is 5.85 Å². The predicted octanol–water partition coefficient (Wildman–Crippen LogP) is 3.86. The van der Waals surface area contributed by atoms with Crippen LogP contribution in [0.15, 0.2) is 18.2 Å². The standard InChI is InChI=1S/C10H14ClOP/c1-7-4-5-10(8(2)6-7)12-9(3)13-11/h4-6,9,13H,1-3H3. The molecular formula is C10H14ClOP. The maximum absolute atomic E-state index is 5.69. The van der Waals surface area contributed by atoms with E-state index in [1.54, 1.807) is 0 Å². The molecule has 0 bridgehead atoms. The molecule has 2 unspecified atom stereocenters. The lowest BCUT2D eigenvalue weighted by atomic mass is 10.1. The Kier molecular flexibility index (Phi) is 4.02. The van der Waals surface area contributed by atoms with E-state index in [4.69, 9.17) is 16.0 Å². The Morgan fingerprint density at radius 2 is 2.08 bits per heavy atom. The summed E-state index contributed by atoms with van der Waals surface area (Å²) >= 11 is 5.69. The van der Waals surface area contributed by atoms with Crippen molar-refractivity contribution in [3.8, 4) is 5.75 Å². The van der Waals surface area contributed by atoms with Gasteiger partial charge in [0.15, 0.2) is 0 Å². The lowest BCUT2D eigenvalue weighted by Crippen LogP contribution is -2.04. The molecule has 1 rings (SSSR count). The Labute approximate surface area is 86.0 Å². The van der Waals surface area contributed by atoms with Crippen LogP contribution in [0.4, 0.5) is 0 Å². The smallest absolute Gasteiger partial charge is 0.126 e. The molecule has 0 aliphatic rings. The SMILES string of the molecule is Cc1ccc(OC(C)PCl)c(C)c1. The van der Waals surface area contributed by atoms with Gasteiger partial charge >= 0.3 is 0 Å². The number of hydrogen-bond acceptors (Lipinski definition) is 1. The average molecular weight is 217 g/mol. The number of benzene rings is 1. The van der Waals surface area contributed by atoms with Crippen molar-refractivity contribution >= 4 is 19.2 Å². The molecule has 0 N–H and O–H groups in total. The Morgan fingerprint density at radius 3 is 2.62 bits per heavy atom. The van der Waals surface area contributed by atoms with Crippen molar-refractivity contribution in [2.45, 2.75) is 26.6 Å².